The Balaban J connectivity index is 0.00000200. The third kappa shape index (κ3) is 3.83. The van der Waals surface area contributed by atoms with Crippen molar-refractivity contribution in [2.45, 2.75) is 64.3 Å². The topological polar surface area (TPSA) is 72.8 Å². The fraction of sp³-hybridized carbons (Fsp3) is 0.786. The number of hydrogen-bond acceptors (Lipinski definition) is 3. The molecule has 0 spiro atoms. The predicted octanol–water partition coefficient (Wildman–Crippen LogP) is -1.79. The molecule has 0 aromatic heterocycles. The largest absolute Gasteiger partial charge is 1.00 e. The van der Waals surface area contributed by atoms with E-state index >= 15 is 0 Å². The zero-order valence-electron chi connectivity index (χ0n) is 12.4. The fourth-order valence-electron chi connectivity index (χ4n) is 2.92. The number of amidine groups is 1. The van der Waals surface area contributed by atoms with Gasteiger partial charge in [-0.3, -0.25) is 9.59 Å². The Hall–Kier alpha value is -0.390. The Kier molecular flexibility index (Phi) is 7.20. The number of nitrogens with zero attached hydrogens (tertiary/aromatic N) is 2. The zero-order valence-corrected chi connectivity index (χ0v) is 14.4. The average molecular weight is 288 g/mol. The van der Waals surface area contributed by atoms with Gasteiger partial charge in [-0.2, -0.15) is 0 Å². The molecule has 0 N–H and O–H groups in total. The van der Waals surface area contributed by atoms with E-state index in [0.717, 1.165) is 44.9 Å². The summed E-state index contributed by atoms with van der Waals surface area (Å²) in [6.07, 6.45) is 7.17. The SMILES string of the molecule is CCCCC1C(=O)N=C([O-])N(C2CCCCC2)C1=O.[Na+]. The molecule has 1 aliphatic carbocycles. The summed E-state index contributed by atoms with van der Waals surface area (Å²) in [5.41, 5.74) is 0. The van der Waals surface area contributed by atoms with Crippen molar-refractivity contribution in [2.24, 2.45) is 10.9 Å². The van der Waals surface area contributed by atoms with Gasteiger partial charge >= 0.3 is 29.6 Å². The van der Waals surface area contributed by atoms with Crippen LogP contribution in [0.3, 0.4) is 0 Å². The van der Waals surface area contributed by atoms with Crippen LogP contribution < -0.4 is 34.7 Å². The van der Waals surface area contributed by atoms with Crippen LogP contribution in [0.15, 0.2) is 4.99 Å². The van der Waals surface area contributed by atoms with Crippen molar-refractivity contribution in [2.75, 3.05) is 0 Å². The van der Waals surface area contributed by atoms with Gasteiger partial charge in [0.1, 0.15) is 5.92 Å². The molecule has 0 radical (unpaired) electrons. The molecule has 2 rings (SSSR count). The molecule has 0 saturated heterocycles. The van der Waals surface area contributed by atoms with E-state index in [2.05, 4.69) is 4.99 Å². The first-order valence-electron chi connectivity index (χ1n) is 7.27. The van der Waals surface area contributed by atoms with Gasteiger partial charge in [0.25, 0.3) is 5.91 Å². The number of rotatable bonds is 4. The van der Waals surface area contributed by atoms with Crippen LogP contribution in [0.4, 0.5) is 0 Å². The van der Waals surface area contributed by atoms with Gasteiger partial charge in [-0.25, -0.2) is 4.99 Å². The van der Waals surface area contributed by atoms with Gasteiger partial charge in [-0.05, 0) is 19.3 Å². The molecule has 0 aromatic carbocycles. The smallest absolute Gasteiger partial charge is 0.846 e. The maximum absolute atomic E-state index is 12.4. The monoisotopic (exact) mass is 288 g/mol. The Labute approximate surface area is 142 Å². The van der Waals surface area contributed by atoms with Gasteiger partial charge in [0, 0.05) is 6.04 Å². The predicted molar refractivity (Wildman–Crippen MR) is 69.2 cm³/mol. The van der Waals surface area contributed by atoms with Gasteiger partial charge in [0.2, 0.25) is 5.91 Å². The van der Waals surface area contributed by atoms with Gasteiger partial charge < -0.3 is 10.0 Å². The fourth-order valence-corrected chi connectivity index (χ4v) is 2.92. The summed E-state index contributed by atoms with van der Waals surface area (Å²) < 4.78 is 0. The van der Waals surface area contributed by atoms with Crippen LogP contribution in [-0.4, -0.2) is 28.8 Å². The quantitative estimate of drug-likeness (QED) is 0.453. The third-order valence-corrected chi connectivity index (χ3v) is 4.03. The van der Waals surface area contributed by atoms with Crippen LogP contribution in [0, 0.1) is 5.92 Å². The summed E-state index contributed by atoms with van der Waals surface area (Å²) in [6, 6.07) is -0.690. The van der Waals surface area contributed by atoms with Gasteiger partial charge in [0.15, 0.2) is 0 Å². The first-order chi connectivity index (χ1) is 9.15. The Bertz CT molecular complexity index is 392. The number of carbonyl (C=O) groups is 2. The summed E-state index contributed by atoms with van der Waals surface area (Å²) in [4.78, 5) is 28.9. The van der Waals surface area contributed by atoms with Crippen LogP contribution in [0.5, 0.6) is 0 Å². The Morgan fingerprint density at radius 3 is 2.50 bits per heavy atom. The molecule has 1 aliphatic heterocycles. The minimum Gasteiger partial charge on any atom is -0.846 e. The molecule has 1 heterocycles. The zero-order chi connectivity index (χ0) is 13.8. The van der Waals surface area contributed by atoms with E-state index in [4.69, 9.17) is 0 Å². The number of aliphatic imine (C=N–C) groups is 1. The molecular formula is C14H21N2NaO3. The average Bonchev–Trinajstić information content (AvgIpc) is 2.39. The number of carbonyl (C=O) groups excluding carboxylic acids is 2. The van der Waals surface area contributed by atoms with Crippen LogP contribution >= 0.6 is 0 Å². The van der Waals surface area contributed by atoms with Crippen LogP contribution in [0.2, 0.25) is 0 Å². The molecule has 2 aliphatic rings. The molecule has 0 aromatic rings. The van der Waals surface area contributed by atoms with E-state index in [0.29, 0.717) is 6.42 Å². The van der Waals surface area contributed by atoms with Gasteiger partial charge in [0.05, 0.1) is 6.02 Å². The van der Waals surface area contributed by atoms with Crippen LogP contribution in [0.25, 0.3) is 0 Å². The molecule has 20 heavy (non-hydrogen) atoms. The molecule has 0 bridgehead atoms. The molecule has 1 atom stereocenters. The van der Waals surface area contributed by atoms with E-state index < -0.39 is 17.8 Å². The maximum atomic E-state index is 12.4. The molecule has 106 valence electrons. The number of amides is 2. The van der Waals surface area contributed by atoms with Crippen molar-refractivity contribution in [3.8, 4) is 0 Å². The minimum absolute atomic E-state index is 0. The van der Waals surface area contributed by atoms with E-state index in [1.54, 1.807) is 0 Å². The summed E-state index contributed by atoms with van der Waals surface area (Å²) in [5.74, 6) is -1.58. The number of unbranched alkanes of at least 4 members (excludes halogenated alkanes) is 1. The second-order valence-electron chi connectivity index (χ2n) is 5.43. The minimum atomic E-state index is -0.723. The van der Waals surface area contributed by atoms with E-state index in [1.165, 1.54) is 4.90 Å². The van der Waals surface area contributed by atoms with Crippen molar-refractivity contribution in [3.05, 3.63) is 0 Å². The first kappa shape index (κ1) is 17.7. The van der Waals surface area contributed by atoms with Crippen molar-refractivity contribution < 1.29 is 44.3 Å². The molecular weight excluding hydrogens is 267 g/mol. The normalized spacial score (nSPS) is 24.4. The Morgan fingerprint density at radius 1 is 1.25 bits per heavy atom. The van der Waals surface area contributed by atoms with Crippen LogP contribution in [-0.2, 0) is 9.59 Å². The first-order valence-corrected chi connectivity index (χ1v) is 7.27. The summed E-state index contributed by atoms with van der Waals surface area (Å²) >= 11 is 0. The second-order valence-corrected chi connectivity index (χ2v) is 5.43. The van der Waals surface area contributed by atoms with Gasteiger partial charge in [-0.15, -0.1) is 0 Å². The molecule has 5 nitrogen and oxygen atoms in total. The van der Waals surface area contributed by atoms with Gasteiger partial charge in [-0.1, -0.05) is 39.0 Å². The molecule has 6 heteroatoms. The summed E-state index contributed by atoms with van der Waals surface area (Å²) in [7, 11) is 0. The molecule has 2 amide bonds. The van der Waals surface area contributed by atoms with Crippen molar-refractivity contribution in [1.82, 2.24) is 4.90 Å². The van der Waals surface area contributed by atoms with E-state index in [1.807, 2.05) is 6.92 Å². The van der Waals surface area contributed by atoms with E-state index in [9.17, 15) is 14.7 Å². The molecule has 1 saturated carbocycles. The van der Waals surface area contributed by atoms with Crippen molar-refractivity contribution in [3.63, 3.8) is 0 Å². The second kappa shape index (κ2) is 8.15. The molecule has 1 fully saturated rings. The van der Waals surface area contributed by atoms with Crippen molar-refractivity contribution >= 4 is 17.8 Å². The standard InChI is InChI=1S/C14H22N2O3.Na/c1-2-3-9-11-12(17)15-14(19)16(13(11)18)10-7-5-4-6-8-10;/h10-11H,2-9H2,1H3,(H,15,17,19);/q;+1/p-1. The van der Waals surface area contributed by atoms with Crippen molar-refractivity contribution in [1.29, 1.82) is 0 Å². The van der Waals surface area contributed by atoms with E-state index in [-0.39, 0.29) is 41.5 Å². The summed E-state index contributed by atoms with van der Waals surface area (Å²) in [5, 5.41) is 11.9. The molecule has 1 unspecified atom stereocenters. The third-order valence-electron chi connectivity index (χ3n) is 4.03. The van der Waals surface area contributed by atoms with Crippen LogP contribution in [0.1, 0.15) is 58.3 Å². The maximum Gasteiger partial charge on any atom is 1.00 e. The number of hydrogen-bond donors (Lipinski definition) is 0. The Morgan fingerprint density at radius 2 is 1.90 bits per heavy atom. The summed E-state index contributed by atoms with van der Waals surface area (Å²) in [6.45, 7) is 2.01.